The Morgan fingerprint density at radius 3 is 2.56 bits per heavy atom. The molecule has 2 aromatic carbocycles. The summed E-state index contributed by atoms with van der Waals surface area (Å²) in [7, 11) is 1.54. The number of nitrogens with one attached hydrogen (secondary N) is 2. The SMILES string of the molecule is COc1cc([C@@H](C)NC(=O)Nc2ccc(Cl)cc2)ccc1OCCO. The van der Waals surface area contributed by atoms with Crippen molar-refractivity contribution in [3.8, 4) is 11.5 Å². The zero-order chi connectivity index (χ0) is 18.2. The number of urea groups is 1. The topological polar surface area (TPSA) is 79.8 Å². The zero-order valence-corrected chi connectivity index (χ0v) is 14.8. The maximum Gasteiger partial charge on any atom is 0.319 e. The van der Waals surface area contributed by atoms with Crippen LogP contribution in [0, 0.1) is 0 Å². The van der Waals surface area contributed by atoms with Crippen molar-refractivity contribution in [2.24, 2.45) is 0 Å². The number of carbonyl (C=O) groups is 1. The largest absolute Gasteiger partial charge is 0.493 e. The molecule has 0 aliphatic carbocycles. The van der Waals surface area contributed by atoms with Gasteiger partial charge in [-0.2, -0.15) is 0 Å². The van der Waals surface area contributed by atoms with Gasteiger partial charge in [0.25, 0.3) is 0 Å². The fraction of sp³-hybridized carbons (Fsp3) is 0.278. The first-order valence-electron chi connectivity index (χ1n) is 7.78. The number of aliphatic hydroxyl groups is 1. The summed E-state index contributed by atoms with van der Waals surface area (Å²) in [6.45, 7) is 1.98. The van der Waals surface area contributed by atoms with E-state index < -0.39 is 0 Å². The Kier molecular flexibility index (Phi) is 6.91. The second kappa shape index (κ2) is 9.15. The van der Waals surface area contributed by atoms with Gasteiger partial charge >= 0.3 is 6.03 Å². The molecule has 0 aromatic heterocycles. The molecule has 0 bridgehead atoms. The van der Waals surface area contributed by atoms with E-state index >= 15 is 0 Å². The molecule has 3 N–H and O–H groups in total. The summed E-state index contributed by atoms with van der Waals surface area (Å²) in [5, 5.41) is 15.0. The molecule has 0 unspecified atom stereocenters. The maximum atomic E-state index is 12.1. The molecule has 0 radical (unpaired) electrons. The van der Waals surface area contributed by atoms with Crippen LogP contribution in [0.2, 0.25) is 5.02 Å². The minimum absolute atomic E-state index is 0.0757. The van der Waals surface area contributed by atoms with Gasteiger partial charge in [-0.3, -0.25) is 0 Å². The lowest BCUT2D eigenvalue weighted by atomic mass is 10.1. The highest BCUT2D eigenvalue weighted by atomic mass is 35.5. The smallest absolute Gasteiger partial charge is 0.319 e. The van der Waals surface area contributed by atoms with E-state index in [0.29, 0.717) is 22.2 Å². The molecule has 0 saturated carbocycles. The molecule has 2 amide bonds. The Morgan fingerprint density at radius 1 is 1.20 bits per heavy atom. The molecular formula is C18H21ClN2O4. The van der Waals surface area contributed by atoms with Crippen LogP contribution in [0.4, 0.5) is 10.5 Å². The van der Waals surface area contributed by atoms with Crippen LogP contribution < -0.4 is 20.1 Å². The van der Waals surface area contributed by atoms with Crippen LogP contribution in [0.3, 0.4) is 0 Å². The van der Waals surface area contributed by atoms with E-state index in [-0.39, 0.29) is 25.3 Å². The predicted octanol–water partition coefficient (Wildman–Crippen LogP) is 3.60. The van der Waals surface area contributed by atoms with Crippen molar-refractivity contribution in [1.82, 2.24) is 5.32 Å². The number of carbonyl (C=O) groups excluding carboxylic acids is 1. The lowest BCUT2D eigenvalue weighted by molar-refractivity contribution is 0.196. The minimum Gasteiger partial charge on any atom is -0.493 e. The van der Waals surface area contributed by atoms with Crippen molar-refractivity contribution >= 4 is 23.3 Å². The third-order valence-electron chi connectivity index (χ3n) is 3.49. The number of aliphatic hydroxyl groups excluding tert-OH is 1. The van der Waals surface area contributed by atoms with Crippen LogP contribution in [0.25, 0.3) is 0 Å². The van der Waals surface area contributed by atoms with Crippen LogP contribution >= 0.6 is 11.6 Å². The fourth-order valence-corrected chi connectivity index (χ4v) is 2.33. The predicted molar refractivity (Wildman–Crippen MR) is 97.6 cm³/mol. The Hall–Kier alpha value is -2.44. The third kappa shape index (κ3) is 5.55. The second-order valence-electron chi connectivity index (χ2n) is 5.31. The molecule has 1 atom stereocenters. The number of anilines is 1. The van der Waals surface area contributed by atoms with E-state index in [2.05, 4.69) is 10.6 Å². The van der Waals surface area contributed by atoms with Gasteiger partial charge in [0.2, 0.25) is 0 Å². The van der Waals surface area contributed by atoms with Crippen LogP contribution in [-0.2, 0) is 0 Å². The molecule has 0 aliphatic heterocycles. The highest BCUT2D eigenvalue weighted by Crippen LogP contribution is 2.30. The first-order valence-corrected chi connectivity index (χ1v) is 8.16. The first-order chi connectivity index (χ1) is 12.0. The molecule has 0 aliphatic rings. The quantitative estimate of drug-likeness (QED) is 0.701. The van der Waals surface area contributed by atoms with Crippen molar-refractivity contribution in [2.75, 3.05) is 25.6 Å². The third-order valence-corrected chi connectivity index (χ3v) is 3.74. The number of hydrogen-bond acceptors (Lipinski definition) is 4. The number of hydrogen-bond donors (Lipinski definition) is 3. The lowest BCUT2D eigenvalue weighted by Gasteiger charge is -2.17. The summed E-state index contributed by atoms with van der Waals surface area (Å²) in [5.41, 5.74) is 1.51. The van der Waals surface area contributed by atoms with Crippen LogP contribution in [0.5, 0.6) is 11.5 Å². The molecule has 25 heavy (non-hydrogen) atoms. The fourth-order valence-electron chi connectivity index (χ4n) is 2.21. The van der Waals surface area contributed by atoms with Crippen LogP contribution in [0.15, 0.2) is 42.5 Å². The average molecular weight is 365 g/mol. The molecule has 134 valence electrons. The Bertz CT molecular complexity index is 707. The summed E-state index contributed by atoms with van der Waals surface area (Å²) < 4.78 is 10.7. The van der Waals surface area contributed by atoms with E-state index in [9.17, 15) is 4.79 Å². The normalized spacial score (nSPS) is 11.5. The molecule has 2 aromatic rings. The van der Waals surface area contributed by atoms with Crippen molar-refractivity contribution in [3.05, 3.63) is 53.1 Å². The number of ether oxygens (including phenoxy) is 2. The second-order valence-corrected chi connectivity index (χ2v) is 5.75. The Morgan fingerprint density at radius 2 is 1.92 bits per heavy atom. The molecule has 0 saturated heterocycles. The molecule has 7 heteroatoms. The number of halogens is 1. The van der Waals surface area contributed by atoms with Crippen molar-refractivity contribution in [3.63, 3.8) is 0 Å². The van der Waals surface area contributed by atoms with E-state index in [0.717, 1.165) is 5.56 Å². The maximum absolute atomic E-state index is 12.1. The zero-order valence-electron chi connectivity index (χ0n) is 14.1. The van der Waals surface area contributed by atoms with Gasteiger partial charge in [-0.25, -0.2) is 4.79 Å². The molecule has 0 heterocycles. The van der Waals surface area contributed by atoms with Crippen molar-refractivity contribution < 1.29 is 19.4 Å². The van der Waals surface area contributed by atoms with Gasteiger partial charge in [0, 0.05) is 10.7 Å². The van der Waals surface area contributed by atoms with E-state index in [1.807, 2.05) is 13.0 Å². The van der Waals surface area contributed by atoms with Gasteiger partial charge in [-0.1, -0.05) is 17.7 Å². The van der Waals surface area contributed by atoms with Crippen LogP contribution in [-0.4, -0.2) is 31.5 Å². The monoisotopic (exact) mass is 364 g/mol. The summed E-state index contributed by atoms with van der Waals surface area (Å²) >= 11 is 5.82. The Balaban J connectivity index is 2.00. The summed E-state index contributed by atoms with van der Waals surface area (Å²) in [5.74, 6) is 1.08. The summed E-state index contributed by atoms with van der Waals surface area (Å²) in [6, 6.07) is 11.7. The number of benzene rings is 2. The van der Waals surface area contributed by atoms with E-state index in [1.165, 1.54) is 7.11 Å². The molecule has 6 nitrogen and oxygen atoms in total. The highest BCUT2D eigenvalue weighted by Gasteiger charge is 2.13. The molecule has 0 spiro atoms. The number of rotatable bonds is 7. The van der Waals surface area contributed by atoms with Gasteiger partial charge in [0.1, 0.15) is 6.61 Å². The summed E-state index contributed by atoms with van der Waals surface area (Å²) in [6.07, 6.45) is 0. The van der Waals surface area contributed by atoms with Crippen molar-refractivity contribution in [2.45, 2.75) is 13.0 Å². The van der Waals surface area contributed by atoms with Gasteiger partial charge < -0.3 is 25.2 Å². The Labute approximate surface area is 151 Å². The standard InChI is InChI=1S/C18H21ClN2O4/c1-12(20-18(23)21-15-6-4-14(19)5-7-15)13-3-8-16(25-10-9-22)17(11-13)24-2/h3-8,11-12,22H,9-10H2,1-2H3,(H2,20,21,23)/t12-/m1/s1. The van der Waals surface area contributed by atoms with Crippen molar-refractivity contribution in [1.29, 1.82) is 0 Å². The number of amides is 2. The molecule has 0 fully saturated rings. The van der Waals surface area contributed by atoms with Gasteiger partial charge in [-0.15, -0.1) is 0 Å². The van der Waals surface area contributed by atoms with Gasteiger partial charge in [-0.05, 0) is 48.9 Å². The molecule has 2 rings (SSSR count). The average Bonchev–Trinajstić information content (AvgIpc) is 2.61. The van der Waals surface area contributed by atoms with Crippen LogP contribution in [0.1, 0.15) is 18.5 Å². The highest BCUT2D eigenvalue weighted by molar-refractivity contribution is 6.30. The molecular weight excluding hydrogens is 344 g/mol. The van der Waals surface area contributed by atoms with E-state index in [1.54, 1.807) is 36.4 Å². The van der Waals surface area contributed by atoms with E-state index in [4.69, 9.17) is 26.2 Å². The summed E-state index contributed by atoms with van der Waals surface area (Å²) in [4.78, 5) is 12.1. The first kappa shape index (κ1) is 18.9. The van der Waals surface area contributed by atoms with Gasteiger partial charge in [0.15, 0.2) is 11.5 Å². The lowest BCUT2D eigenvalue weighted by Crippen LogP contribution is -2.31. The van der Waals surface area contributed by atoms with Gasteiger partial charge in [0.05, 0.1) is 19.8 Å². The number of methoxy groups -OCH3 is 1. The minimum atomic E-state index is -0.325.